The number of carboxylic acid groups (broad SMARTS) is 1. The maximum atomic E-state index is 12.2. The van der Waals surface area contributed by atoms with Gasteiger partial charge < -0.3 is 15.3 Å². The van der Waals surface area contributed by atoms with E-state index >= 15 is 0 Å². The lowest BCUT2D eigenvalue weighted by molar-refractivity contribution is 0.0690. The summed E-state index contributed by atoms with van der Waals surface area (Å²) in [6.07, 6.45) is 1.33. The van der Waals surface area contributed by atoms with Gasteiger partial charge in [0.1, 0.15) is 5.69 Å². The molecular formula is C14H21N3O3. The number of aromatic carboxylic acids is 1. The molecule has 1 rings (SSSR count). The molecule has 6 nitrogen and oxygen atoms in total. The Morgan fingerprint density at radius 2 is 2.05 bits per heavy atom. The average molecular weight is 279 g/mol. The molecule has 0 aliphatic carbocycles. The molecule has 20 heavy (non-hydrogen) atoms. The second-order valence-corrected chi connectivity index (χ2v) is 5.32. The van der Waals surface area contributed by atoms with E-state index in [2.05, 4.69) is 10.3 Å². The van der Waals surface area contributed by atoms with E-state index < -0.39 is 5.97 Å². The third-order valence-corrected chi connectivity index (χ3v) is 2.92. The minimum atomic E-state index is -1.15. The molecule has 1 aromatic rings. The summed E-state index contributed by atoms with van der Waals surface area (Å²) in [6.45, 7) is 4.79. The van der Waals surface area contributed by atoms with Crippen molar-refractivity contribution in [1.29, 1.82) is 0 Å². The predicted octanol–water partition coefficient (Wildman–Crippen LogP) is 1.10. The van der Waals surface area contributed by atoms with Crippen molar-refractivity contribution in [3.05, 3.63) is 29.6 Å². The van der Waals surface area contributed by atoms with Crippen molar-refractivity contribution in [1.82, 2.24) is 15.2 Å². The van der Waals surface area contributed by atoms with Gasteiger partial charge in [-0.05, 0) is 32.1 Å². The number of carbonyl (C=O) groups excluding carboxylic acids is 1. The predicted molar refractivity (Wildman–Crippen MR) is 75.8 cm³/mol. The van der Waals surface area contributed by atoms with Crippen LogP contribution >= 0.6 is 0 Å². The molecule has 1 atom stereocenters. The molecule has 1 heterocycles. The normalized spacial score (nSPS) is 12.5. The molecule has 0 fully saturated rings. The molecule has 0 aliphatic rings. The first-order valence-electron chi connectivity index (χ1n) is 6.46. The van der Waals surface area contributed by atoms with Gasteiger partial charge in [-0.25, -0.2) is 9.78 Å². The van der Waals surface area contributed by atoms with Crippen LogP contribution in [0.4, 0.5) is 0 Å². The maximum absolute atomic E-state index is 12.2. The number of hydrogen-bond acceptors (Lipinski definition) is 4. The third-order valence-electron chi connectivity index (χ3n) is 2.92. The lowest BCUT2D eigenvalue weighted by atomic mass is 10.0. The number of hydrogen-bond donors (Lipinski definition) is 2. The van der Waals surface area contributed by atoms with Crippen LogP contribution in [0.25, 0.3) is 0 Å². The lowest BCUT2D eigenvalue weighted by Crippen LogP contribution is -2.45. The van der Waals surface area contributed by atoms with Crippen LogP contribution in [-0.4, -0.2) is 53.5 Å². The fourth-order valence-electron chi connectivity index (χ4n) is 1.76. The van der Waals surface area contributed by atoms with Crippen LogP contribution in [0.1, 0.15) is 34.7 Å². The Morgan fingerprint density at radius 3 is 2.55 bits per heavy atom. The van der Waals surface area contributed by atoms with Gasteiger partial charge in [0, 0.05) is 24.3 Å². The summed E-state index contributed by atoms with van der Waals surface area (Å²) in [5.74, 6) is -1.15. The number of carbonyl (C=O) groups is 2. The minimum absolute atomic E-state index is 0.000978. The fourth-order valence-corrected chi connectivity index (χ4v) is 1.76. The summed E-state index contributed by atoms with van der Waals surface area (Å²) in [6, 6.07) is 2.79. The largest absolute Gasteiger partial charge is 0.477 e. The smallest absolute Gasteiger partial charge is 0.354 e. The van der Waals surface area contributed by atoms with Crippen LogP contribution in [0.2, 0.25) is 0 Å². The second-order valence-electron chi connectivity index (χ2n) is 5.32. The van der Waals surface area contributed by atoms with Crippen LogP contribution in [0.5, 0.6) is 0 Å². The standard InChI is InChI=1S/C14H21N3O3/c1-9(2)12(8-17(3)4)16-13(18)10-5-6-15-11(7-10)14(19)20/h5-7,9,12H,8H2,1-4H3,(H,16,18)(H,19,20). The molecule has 2 N–H and O–H groups in total. The van der Waals surface area contributed by atoms with Gasteiger partial charge in [-0.15, -0.1) is 0 Å². The number of amides is 1. The number of pyridine rings is 1. The van der Waals surface area contributed by atoms with Gasteiger partial charge >= 0.3 is 5.97 Å². The van der Waals surface area contributed by atoms with Crippen molar-refractivity contribution >= 4 is 11.9 Å². The van der Waals surface area contributed by atoms with Crippen molar-refractivity contribution in [2.45, 2.75) is 19.9 Å². The van der Waals surface area contributed by atoms with Gasteiger partial charge in [-0.3, -0.25) is 4.79 Å². The third kappa shape index (κ3) is 4.62. The summed E-state index contributed by atoms with van der Waals surface area (Å²) in [5.41, 5.74) is 0.174. The highest BCUT2D eigenvalue weighted by molar-refractivity contribution is 5.96. The van der Waals surface area contributed by atoms with Crippen molar-refractivity contribution in [2.24, 2.45) is 5.92 Å². The Morgan fingerprint density at radius 1 is 1.40 bits per heavy atom. The summed E-state index contributed by atoms with van der Waals surface area (Å²) in [4.78, 5) is 28.7. The molecule has 1 aromatic heterocycles. The van der Waals surface area contributed by atoms with Crippen LogP contribution in [0, 0.1) is 5.92 Å². The Balaban J connectivity index is 2.83. The summed E-state index contributed by atoms with van der Waals surface area (Å²) in [5, 5.41) is 11.8. The van der Waals surface area contributed by atoms with E-state index in [1.165, 1.54) is 18.3 Å². The first-order chi connectivity index (χ1) is 9.31. The number of rotatable bonds is 6. The molecule has 0 spiro atoms. The van der Waals surface area contributed by atoms with Crippen LogP contribution in [0.15, 0.2) is 18.3 Å². The molecule has 0 aromatic carbocycles. The van der Waals surface area contributed by atoms with E-state index in [0.29, 0.717) is 5.56 Å². The fraction of sp³-hybridized carbons (Fsp3) is 0.500. The zero-order valence-corrected chi connectivity index (χ0v) is 12.3. The van der Waals surface area contributed by atoms with Crippen molar-refractivity contribution in [2.75, 3.05) is 20.6 Å². The molecule has 0 radical (unpaired) electrons. The summed E-state index contributed by atoms with van der Waals surface area (Å²) in [7, 11) is 3.88. The first kappa shape index (κ1) is 16.1. The Labute approximate surface area is 118 Å². The minimum Gasteiger partial charge on any atom is -0.477 e. The highest BCUT2D eigenvalue weighted by Gasteiger charge is 2.18. The summed E-state index contributed by atoms with van der Waals surface area (Å²) < 4.78 is 0. The van der Waals surface area contributed by atoms with Crippen molar-refractivity contribution in [3.63, 3.8) is 0 Å². The highest BCUT2D eigenvalue weighted by Crippen LogP contribution is 2.07. The molecular weight excluding hydrogens is 258 g/mol. The van der Waals surface area contributed by atoms with Gasteiger partial charge in [0.25, 0.3) is 5.91 Å². The van der Waals surface area contributed by atoms with Crippen molar-refractivity contribution in [3.8, 4) is 0 Å². The van der Waals surface area contributed by atoms with Gasteiger partial charge in [0.05, 0.1) is 0 Å². The SMILES string of the molecule is CC(C)C(CN(C)C)NC(=O)c1ccnc(C(=O)O)c1. The van der Waals surface area contributed by atoms with Crippen LogP contribution < -0.4 is 5.32 Å². The molecule has 0 bridgehead atoms. The van der Waals surface area contributed by atoms with Gasteiger partial charge in [0.15, 0.2) is 0 Å². The van der Waals surface area contributed by atoms with E-state index in [1.807, 2.05) is 32.8 Å². The van der Waals surface area contributed by atoms with Gasteiger partial charge in [-0.2, -0.15) is 0 Å². The molecule has 1 amide bonds. The van der Waals surface area contributed by atoms with E-state index in [-0.39, 0.29) is 23.6 Å². The molecule has 1 unspecified atom stereocenters. The van der Waals surface area contributed by atoms with Gasteiger partial charge in [0.2, 0.25) is 0 Å². The van der Waals surface area contributed by atoms with Crippen LogP contribution in [0.3, 0.4) is 0 Å². The van der Waals surface area contributed by atoms with Gasteiger partial charge in [-0.1, -0.05) is 13.8 Å². The van der Waals surface area contributed by atoms with E-state index in [1.54, 1.807) is 0 Å². The lowest BCUT2D eigenvalue weighted by Gasteiger charge is -2.25. The second kappa shape index (κ2) is 7.00. The molecule has 0 saturated carbocycles. The number of nitrogens with one attached hydrogen (secondary N) is 1. The summed E-state index contributed by atoms with van der Waals surface area (Å²) >= 11 is 0. The van der Waals surface area contributed by atoms with Crippen molar-refractivity contribution < 1.29 is 14.7 Å². The number of aromatic nitrogens is 1. The molecule has 110 valence electrons. The van der Waals surface area contributed by atoms with E-state index in [9.17, 15) is 9.59 Å². The maximum Gasteiger partial charge on any atom is 0.354 e. The number of likely N-dealkylation sites (N-methyl/N-ethyl adjacent to an activating group) is 1. The zero-order valence-electron chi connectivity index (χ0n) is 12.3. The highest BCUT2D eigenvalue weighted by atomic mass is 16.4. The topological polar surface area (TPSA) is 82.5 Å². The van der Waals surface area contributed by atoms with E-state index in [4.69, 9.17) is 5.11 Å². The first-order valence-corrected chi connectivity index (χ1v) is 6.46. The Hall–Kier alpha value is -1.95. The number of carboxylic acids is 1. The number of nitrogens with zero attached hydrogens (tertiary/aromatic N) is 2. The van der Waals surface area contributed by atoms with Crippen LogP contribution in [-0.2, 0) is 0 Å². The molecule has 0 aliphatic heterocycles. The average Bonchev–Trinajstić information content (AvgIpc) is 2.37. The van der Waals surface area contributed by atoms with E-state index in [0.717, 1.165) is 6.54 Å². The Kier molecular flexibility index (Phi) is 5.64. The monoisotopic (exact) mass is 279 g/mol. The quantitative estimate of drug-likeness (QED) is 0.814. The molecule has 6 heteroatoms. The molecule has 0 saturated heterocycles. The Bertz CT molecular complexity index is 486. The zero-order chi connectivity index (χ0) is 15.3.